The minimum Gasteiger partial charge on any atom is -0.459 e. The Kier molecular flexibility index (Phi) is 6.09. The van der Waals surface area contributed by atoms with Gasteiger partial charge in [0, 0.05) is 44.4 Å². The van der Waals surface area contributed by atoms with Crippen molar-refractivity contribution >= 4 is 21.8 Å². The van der Waals surface area contributed by atoms with E-state index in [2.05, 4.69) is 5.32 Å². The van der Waals surface area contributed by atoms with E-state index in [9.17, 15) is 18.0 Å². The highest BCUT2D eigenvalue weighted by Crippen LogP contribution is 2.19. The van der Waals surface area contributed by atoms with E-state index in [1.165, 1.54) is 32.5 Å². The lowest BCUT2D eigenvalue weighted by Crippen LogP contribution is -2.46. The molecule has 0 bridgehead atoms. The molecule has 1 saturated heterocycles. The first-order chi connectivity index (χ1) is 13.7. The second-order valence-corrected chi connectivity index (χ2v) is 9.44. The summed E-state index contributed by atoms with van der Waals surface area (Å²) in [6.07, 6.45) is 2.72. The molecule has 0 spiro atoms. The molecule has 1 aliphatic rings. The monoisotopic (exact) mass is 419 g/mol. The number of aryl methyl sites for hydroxylation is 1. The van der Waals surface area contributed by atoms with Crippen LogP contribution in [0.15, 0.2) is 45.9 Å². The van der Waals surface area contributed by atoms with Gasteiger partial charge in [0.15, 0.2) is 5.76 Å². The number of likely N-dealkylation sites (tertiary alicyclic amines) is 1. The average molecular weight is 420 g/mol. The number of piperidine rings is 1. The summed E-state index contributed by atoms with van der Waals surface area (Å²) in [4.78, 5) is 26.9. The molecule has 2 aromatic rings. The number of hydrogen-bond donors (Lipinski definition) is 1. The van der Waals surface area contributed by atoms with Crippen LogP contribution in [-0.2, 0) is 10.0 Å². The van der Waals surface area contributed by atoms with Crippen LogP contribution in [-0.4, -0.2) is 62.7 Å². The molecule has 0 radical (unpaired) electrons. The van der Waals surface area contributed by atoms with E-state index in [-0.39, 0.29) is 22.8 Å². The SMILES string of the molecule is Cc1ccoc1C(=O)NC1CCN(C(=O)c2cccc(S(=O)(=O)N(C)C)c2)CC1. The van der Waals surface area contributed by atoms with E-state index in [1.807, 2.05) is 6.92 Å². The molecule has 0 saturated carbocycles. The standard InChI is InChI=1S/C20H25N3O5S/c1-14-9-12-28-18(14)19(24)21-16-7-10-23(11-8-16)20(25)15-5-4-6-17(13-15)29(26,27)22(2)3/h4-6,9,12-13,16H,7-8,10-11H2,1-3H3,(H,21,24). The zero-order valence-electron chi connectivity index (χ0n) is 16.7. The number of nitrogens with zero attached hydrogens (tertiary/aromatic N) is 2. The third kappa shape index (κ3) is 4.51. The van der Waals surface area contributed by atoms with Crippen molar-refractivity contribution < 1.29 is 22.4 Å². The summed E-state index contributed by atoms with van der Waals surface area (Å²) < 4.78 is 30.9. The van der Waals surface area contributed by atoms with E-state index >= 15 is 0 Å². The highest BCUT2D eigenvalue weighted by molar-refractivity contribution is 7.89. The van der Waals surface area contributed by atoms with E-state index in [4.69, 9.17) is 4.42 Å². The third-order valence-corrected chi connectivity index (χ3v) is 6.86. The number of nitrogens with one attached hydrogen (secondary N) is 1. The lowest BCUT2D eigenvalue weighted by Gasteiger charge is -2.32. The van der Waals surface area contributed by atoms with Crippen LogP contribution in [0.1, 0.15) is 39.3 Å². The second kappa shape index (κ2) is 8.38. The van der Waals surface area contributed by atoms with Crippen molar-refractivity contribution in [1.82, 2.24) is 14.5 Å². The minimum absolute atomic E-state index is 0.0449. The van der Waals surface area contributed by atoms with Crippen LogP contribution >= 0.6 is 0 Å². The van der Waals surface area contributed by atoms with Gasteiger partial charge in [-0.15, -0.1) is 0 Å². The van der Waals surface area contributed by atoms with E-state index < -0.39 is 10.0 Å². The van der Waals surface area contributed by atoms with Crippen LogP contribution in [0.4, 0.5) is 0 Å². The number of hydrogen-bond acceptors (Lipinski definition) is 5. The first-order valence-corrected chi connectivity index (χ1v) is 10.8. The first kappa shape index (κ1) is 21.1. The van der Waals surface area contributed by atoms with Crippen LogP contribution in [0, 0.1) is 6.92 Å². The molecule has 156 valence electrons. The maximum atomic E-state index is 12.8. The van der Waals surface area contributed by atoms with Gasteiger partial charge in [-0.05, 0) is 44.0 Å². The Balaban J connectivity index is 1.62. The summed E-state index contributed by atoms with van der Waals surface area (Å²) in [6.45, 7) is 2.77. The molecule has 0 atom stereocenters. The number of benzene rings is 1. The fraction of sp³-hybridized carbons (Fsp3) is 0.400. The zero-order valence-corrected chi connectivity index (χ0v) is 17.5. The Labute approximate surface area is 170 Å². The normalized spacial score (nSPS) is 15.5. The predicted molar refractivity (Wildman–Crippen MR) is 107 cm³/mol. The minimum atomic E-state index is -3.60. The largest absolute Gasteiger partial charge is 0.459 e. The molecule has 3 rings (SSSR count). The van der Waals surface area contributed by atoms with Gasteiger partial charge in [-0.3, -0.25) is 9.59 Å². The van der Waals surface area contributed by atoms with E-state index in [0.29, 0.717) is 37.3 Å². The number of furan rings is 1. The highest BCUT2D eigenvalue weighted by atomic mass is 32.2. The summed E-state index contributed by atoms with van der Waals surface area (Å²) in [5.41, 5.74) is 1.12. The van der Waals surface area contributed by atoms with Crippen molar-refractivity contribution in [2.45, 2.75) is 30.7 Å². The van der Waals surface area contributed by atoms with Gasteiger partial charge in [-0.1, -0.05) is 6.07 Å². The number of carbonyl (C=O) groups is 2. The van der Waals surface area contributed by atoms with E-state index in [0.717, 1.165) is 9.87 Å². The number of sulfonamides is 1. The van der Waals surface area contributed by atoms with Gasteiger partial charge in [-0.25, -0.2) is 12.7 Å². The Morgan fingerprint density at radius 1 is 1.17 bits per heavy atom. The summed E-state index contributed by atoms with van der Waals surface area (Å²) in [5.74, 6) is -0.159. The molecule has 0 aliphatic carbocycles. The Morgan fingerprint density at radius 2 is 1.86 bits per heavy atom. The van der Waals surface area contributed by atoms with Gasteiger partial charge >= 0.3 is 0 Å². The van der Waals surface area contributed by atoms with Gasteiger partial charge < -0.3 is 14.6 Å². The third-order valence-electron chi connectivity index (χ3n) is 5.05. The van der Waals surface area contributed by atoms with Crippen LogP contribution in [0.2, 0.25) is 0 Å². The topological polar surface area (TPSA) is 99.9 Å². The lowest BCUT2D eigenvalue weighted by atomic mass is 10.0. The van der Waals surface area contributed by atoms with Crippen molar-refractivity contribution in [2.24, 2.45) is 0 Å². The van der Waals surface area contributed by atoms with Crippen molar-refractivity contribution in [3.05, 3.63) is 53.5 Å². The molecule has 1 aromatic carbocycles. The fourth-order valence-electron chi connectivity index (χ4n) is 3.27. The molecule has 8 nitrogen and oxygen atoms in total. The van der Waals surface area contributed by atoms with Crippen molar-refractivity contribution in [1.29, 1.82) is 0 Å². The molecule has 1 fully saturated rings. The quantitative estimate of drug-likeness (QED) is 0.798. The maximum Gasteiger partial charge on any atom is 0.287 e. The number of amides is 2. The van der Waals surface area contributed by atoms with Crippen LogP contribution in [0.5, 0.6) is 0 Å². The van der Waals surface area contributed by atoms with Crippen molar-refractivity contribution in [3.8, 4) is 0 Å². The molecule has 1 aliphatic heterocycles. The molecule has 29 heavy (non-hydrogen) atoms. The van der Waals surface area contributed by atoms with Gasteiger partial charge in [0.1, 0.15) is 0 Å². The van der Waals surface area contributed by atoms with Gasteiger partial charge in [0.05, 0.1) is 11.2 Å². The summed E-state index contributed by atoms with van der Waals surface area (Å²) >= 11 is 0. The summed E-state index contributed by atoms with van der Waals surface area (Å²) in [7, 11) is -0.702. The average Bonchev–Trinajstić information content (AvgIpc) is 3.14. The molecule has 1 N–H and O–H groups in total. The molecule has 1 aromatic heterocycles. The number of rotatable bonds is 5. The molecule has 0 unspecified atom stereocenters. The molecular formula is C20H25N3O5S. The Morgan fingerprint density at radius 3 is 2.45 bits per heavy atom. The number of carbonyl (C=O) groups excluding carboxylic acids is 2. The lowest BCUT2D eigenvalue weighted by molar-refractivity contribution is 0.0695. The molecule has 2 amide bonds. The van der Waals surface area contributed by atoms with Crippen molar-refractivity contribution in [3.63, 3.8) is 0 Å². The summed E-state index contributed by atoms with van der Waals surface area (Å²) in [6, 6.07) is 7.76. The smallest absolute Gasteiger partial charge is 0.287 e. The van der Waals surface area contributed by atoms with Crippen LogP contribution < -0.4 is 5.32 Å². The van der Waals surface area contributed by atoms with Crippen molar-refractivity contribution in [2.75, 3.05) is 27.2 Å². The Bertz CT molecular complexity index is 1000. The first-order valence-electron chi connectivity index (χ1n) is 9.37. The van der Waals surface area contributed by atoms with Crippen LogP contribution in [0.3, 0.4) is 0 Å². The highest BCUT2D eigenvalue weighted by Gasteiger charge is 2.27. The fourth-order valence-corrected chi connectivity index (χ4v) is 4.21. The van der Waals surface area contributed by atoms with Crippen LogP contribution in [0.25, 0.3) is 0 Å². The molecule has 2 heterocycles. The zero-order chi connectivity index (χ0) is 21.2. The maximum absolute atomic E-state index is 12.8. The van der Waals surface area contributed by atoms with E-state index in [1.54, 1.807) is 23.1 Å². The Hall–Kier alpha value is -2.65. The molecule has 9 heteroatoms. The van der Waals surface area contributed by atoms with Gasteiger partial charge in [0.2, 0.25) is 10.0 Å². The molecular weight excluding hydrogens is 394 g/mol. The predicted octanol–water partition coefficient (Wildman–Crippen LogP) is 1.87. The second-order valence-electron chi connectivity index (χ2n) is 7.29. The summed E-state index contributed by atoms with van der Waals surface area (Å²) in [5, 5.41) is 2.95. The van der Waals surface area contributed by atoms with Gasteiger partial charge in [-0.2, -0.15) is 0 Å². The van der Waals surface area contributed by atoms with Gasteiger partial charge in [0.25, 0.3) is 11.8 Å².